The molecule has 0 amide bonds. The van der Waals surface area contributed by atoms with E-state index in [-0.39, 0.29) is 11.0 Å². The van der Waals surface area contributed by atoms with Gasteiger partial charge in [-0.2, -0.15) is 0 Å². The molecule has 5 N–H and O–H groups in total. The van der Waals surface area contributed by atoms with E-state index in [2.05, 4.69) is 42.9 Å². The molecule has 1 saturated heterocycles. The van der Waals surface area contributed by atoms with Gasteiger partial charge >= 0.3 is 0 Å². The van der Waals surface area contributed by atoms with Crippen LogP contribution in [0.5, 0.6) is 0 Å². The van der Waals surface area contributed by atoms with Crippen molar-refractivity contribution in [3.05, 3.63) is 30.3 Å². The standard InChI is InChI=1S/C10H13BN.2H2O/c1-2-4-9(5-3-1)11-10-6-7-12-8-10;;/h1-5,10,12H,6-8H2;2*1H2. The Bertz CT molecular complexity index is 237. The fourth-order valence-electron chi connectivity index (χ4n) is 1.66. The molecular formula is C10H17BNO2. The summed E-state index contributed by atoms with van der Waals surface area (Å²) < 4.78 is 0. The predicted octanol–water partition coefficient (Wildman–Crippen LogP) is -0.851. The van der Waals surface area contributed by atoms with Crippen LogP contribution < -0.4 is 10.8 Å². The van der Waals surface area contributed by atoms with Crippen LogP contribution in [-0.4, -0.2) is 31.3 Å². The number of hydrogen-bond donors (Lipinski definition) is 1. The molecule has 1 aromatic rings. The second-order valence-electron chi connectivity index (χ2n) is 3.33. The van der Waals surface area contributed by atoms with Gasteiger partial charge < -0.3 is 16.3 Å². The summed E-state index contributed by atoms with van der Waals surface area (Å²) in [7, 11) is 2.36. The zero-order valence-corrected chi connectivity index (χ0v) is 8.16. The maximum Gasteiger partial charge on any atom is 0.156 e. The van der Waals surface area contributed by atoms with Crippen LogP contribution in [0.2, 0.25) is 5.82 Å². The SMILES string of the molecule is O.O.[B](c1ccccc1)C1CCNC1. The highest BCUT2D eigenvalue weighted by atomic mass is 16.0. The van der Waals surface area contributed by atoms with Crippen molar-refractivity contribution < 1.29 is 11.0 Å². The van der Waals surface area contributed by atoms with Crippen molar-refractivity contribution in [2.24, 2.45) is 0 Å². The summed E-state index contributed by atoms with van der Waals surface area (Å²) in [5.74, 6) is 0.743. The summed E-state index contributed by atoms with van der Waals surface area (Å²) in [5, 5.41) is 3.36. The molecule has 2 rings (SSSR count). The smallest absolute Gasteiger partial charge is 0.156 e. The molecule has 3 nitrogen and oxygen atoms in total. The Morgan fingerprint density at radius 1 is 1.14 bits per heavy atom. The molecule has 0 saturated carbocycles. The van der Waals surface area contributed by atoms with Gasteiger partial charge in [-0.15, -0.1) is 0 Å². The quantitative estimate of drug-likeness (QED) is 0.611. The third kappa shape index (κ3) is 3.50. The first-order valence-corrected chi connectivity index (χ1v) is 4.56. The fraction of sp³-hybridized carbons (Fsp3) is 0.400. The summed E-state index contributed by atoms with van der Waals surface area (Å²) in [6.45, 7) is 2.32. The van der Waals surface area contributed by atoms with E-state index in [9.17, 15) is 0 Å². The highest BCUT2D eigenvalue weighted by Gasteiger charge is 2.15. The van der Waals surface area contributed by atoms with Crippen molar-refractivity contribution in [3.8, 4) is 0 Å². The van der Waals surface area contributed by atoms with Gasteiger partial charge in [0.1, 0.15) is 0 Å². The zero-order valence-electron chi connectivity index (χ0n) is 8.16. The van der Waals surface area contributed by atoms with Gasteiger partial charge in [-0.3, -0.25) is 0 Å². The summed E-state index contributed by atoms with van der Waals surface area (Å²) in [4.78, 5) is 0. The second kappa shape index (κ2) is 6.59. The first-order chi connectivity index (χ1) is 5.95. The van der Waals surface area contributed by atoms with Crippen molar-refractivity contribution in [1.29, 1.82) is 0 Å². The Hall–Kier alpha value is -0.835. The molecule has 1 radical (unpaired) electrons. The predicted molar refractivity (Wildman–Crippen MR) is 60.3 cm³/mol. The van der Waals surface area contributed by atoms with Crippen molar-refractivity contribution in [3.63, 3.8) is 0 Å². The minimum absolute atomic E-state index is 0. The van der Waals surface area contributed by atoms with Gasteiger partial charge in [0.15, 0.2) is 7.28 Å². The molecule has 0 spiro atoms. The molecule has 0 bridgehead atoms. The minimum atomic E-state index is 0. The molecule has 14 heavy (non-hydrogen) atoms. The Morgan fingerprint density at radius 2 is 1.86 bits per heavy atom. The first-order valence-electron chi connectivity index (χ1n) is 4.56. The van der Waals surface area contributed by atoms with Crippen LogP contribution in [0.15, 0.2) is 30.3 Å². The monoisotopic (exact) mass is 194 g/mol. The maximum atomic E-state index is 3.36. The van der Waals surface area contributed by atoms with Gasteiger partial charge in [-0.25, -0.2) is 0 Å². The van der Waals surface area contributed by atoms with Crippen LogP contribution in [0.3, 0.4) is 0 Å². The second-order valence-corrected chi connectivity index (χ2v) is 3.33. The average Bonchev–Trinajstić information content (AvgIpc) is 2.59. The highest BCUT2D eigenvalue weighted by Crippen LogP contribution is 2.11. The topological polar surface area (TPSA) is 75.0 Å². The van der Waals surface area contributed by atoms with E-state index in [1.165, 1.54) is 18.4 Å². The van der Waals surface area contributed by atoms with Gasteiger partial charge in [0, 0.05) is 0 Å². The summed E-state index contributed by atoms with van der Waals surface area (Å²) in [6, 6.07) is 10.6. The lowest BCUT2D eigenvalue weighted by Gasteiger charge is -2.05. The van der Waals surface area contributed by atoms with Crippen molar-refractivity contribution >= 4 is 12.7 Å². The molecule has 0 aromatic heterocycles. The average molecular weight is 194 g/mol. The Morgan fingerprint density at radius 3 is 2.43 bits per heavy atom. The van der Waals surface area contributed by atoms with Crippen LogP contribution in [0, 0.1) is 0 Å². The first kappa shape index (κ1) is 13.2. The zero-order chi connectivity index (χ0) is 8.23. The molecule has 0 aliphatic carbocycles. The third-order valence-corrected chi connectivity index (χ3v) is 2.33. The molecule has 1 fully saturated rings. The normalized spacial score (nSPS) is 19.3. The van der Waals surface area contributed by atoms with E-state index in [0.29, 0.717) is 0 Å². The van der Waals surface area contributed by atoms with Gasteiger partial charge in [0.05, 0.1) is 0 Å². The van der Waals surface area contributed by atoms with E-state index in [1.54, 1.807) is 0 Å². The van der Waals surface area contributed by atoms with Crippen molar-refractivity contribution in [1.82, 2.24) is 5.32 Å². The summed E-state index contributed by atoms with van der Waals surface area (Å²) in [6.07, 6.45) is 1.29. The summed E-state index contributed by atoms with van der Waals surface area (Å²) in [5.41, 5.74) is 1.35. The van der Waals surface area contributed by atoms with E-state index >= 15 is 0 Å². The van der Waals surface area contributed by atoms with E-state index < -0.39 is 0 Å². The van der Waals surface area contributed by atoms with Crippen LogP contribution in [0.25, 0.3) is 0 Å². The van der Waals surface area contributed by atoms with Gasteiger partial charge in [-0.05, 0) is 25.3 Å². The Labute approximate surface area is 85.4 Å². The van der Waals surface area contributed by atoms with Crippen molar-refractivity contribution in [2.45, 2.75) is 12.2 Å². The Balaban J connectivity index is 0.000000845. The molecule has 1 aliphatic heterocycles. The third-order valence-electron chi connectivity index (χ3n) is 2.33. The van der Waals surface area contributed by atoms with Gasteiger partial charge in [0.25, 0.3) is 0 Å². The van der Waals surface area contributed by atoms with E-state index in [1.807, 2.05) is 0 Å². The molecule has 1 heterocycles. The molecular weight excluding hydrogens is 177 g/mol. The molecule has 77 valence electrons. The fourth-order valence-corrected chi connectivity index (χ4v) is 1.66. The van der Waals surface area contributed by atoms with E-state index in [0.717, 1.165) is 12.4 Å². The van der Waals surface area contributed by atoms with E-state index in [4.69, 9.17) is 0 Å². The highest BCUT2D eigenvalue weighted by molar-refractivity contribution is 6.55. The van der Waals surface area contributed by atoms with Crippen LogP contribution in [0.1, 0.15) is 6.42 Å². The maximum absolute atomic E-state index is 3.36. The number of benzene rings is 1. The van der Waals surface area contributed by atoms with Gasteiger partial charge in [-0.1, -0.05) is 35.8 Å². The molecule has 1 atom stereocenters. The lowest BCUT2D eigenvalue weighted by molar-refractivity contribution is 0.823. The number of hydrogen-bond acceptors (Lipinski definition) is 1. The van der Waals surface area contributed by atoms with Crippen LogP contribution >= 0.6 is 0 Å². The number of rotatable bonds is 2. The number of nitrogens with one attached hydrogen (secondary N) is 1. The van der Waals surface area contributed by atoms with Crippen molar-refractivity contribution in [2.75, 3.05) is 13.1 Å². The summed E-state index contributed by atoms with van der Waals surface area (Å²) >= 11 is 0. The van der Waals surface area contributed by atoms with Gasteiger partial charge in [0.2, 0.25) is 0 Å². The van der Waals surface area contributed by atoms with Crippen LogP contribution in [0.4, 0.5) is 0 Å². The molecule has 1 unspecified atom stereocenters. The minimum Gasteiger partial charge on any atom is -0.412 e. The molecule has 1 aliphatic rings. The molecule has 1 aromatic carbocycles. The van der Waals surface area contributed by atoms with Crippen LogP contribution in [-0.2, 0) is 0 Å². The molecule has 4 heteroatoms. The lowest BCUT2D eigenvalue weighted by Crippen LogP contribution is -2.20. The largest absolute Gasteiger partial charge is 0.412 e. The Kier molecular flexibility index (Phi) is 6.20. The lowest BCUT2D eigenvalue weighted by atomic mass is 9.59.